The molecule has 24 heavy (non-hydrogen) atoms. The third kappa shape index (κ3) is 5.42. The number of carbonyl (C=O) groups is 1. The SMILES string of the molecule is C=CCOc1cccc(NC(=O)CCc2ccc(OC)c(Br)c2)c1. The molecular weight excluding hydrogens is 370 g/mol. The maximum absolute atomic E-state index is 12.1. The van der Waals surface area contributed by atoms with Crippen molar-refractivity contribution in [3.8, 4) is 11.5 Å². The van der Waals surface area contributed by atoms with E-state index in [0.717, 1.165) is 21.5 Å². The number of anilines is 1. The topological polar surface area (TPSA) is 47.6 Å². The second-order valence-electron chi connectivity index (χ2n) is 5.14. The first-order valence-corrected chi connectivity index (χ1v) is 8.37. The van der Waals surface area contributed by atoms with Crippen molar-refractivity contribution in [2.45, 2.75) is 12.8 Å². The van der Waals surface area contributed by atoms with Gasteiger partial charge in [0.05, 0.1) is 11.6 Å². The molecule has 1 amide bonds. The van der Waals surface area contributed by atoms with E-state index in [-0.39, 0.29) is 5.91 Å². The number of carbonyl (C=O) groups excluding carboxylic acids is 1. The van der Waals surface area contributed by atoms with Crippen molar-refractivity contribution in [3.63, 3.8) is 0 Å². The van der Waals surface area contributed by atoms with Crippen LogP contribution in [0.4, 0.5) is 5.69 Å². The fourth-order valence-electron chi connectivity index (χ4n) is 2.17. The van der Waals surface area contributed by atoms with Crippen LogP contribution in [0.1, 0.15) is 12.0 Å². The molecule has 0 unspecified atom stereocenters. The van der Waals surface area contributed by atoms with E-state index in [4.69, 9.17) is 9.47 Å². The Morgan fingerprint density at radius 3 is 2.83 bits per heavy atom. The first kappa shape index (κ1) is 18.1. The lowest BCUT2D eigenvalue weighted by atomic mass is 10.1. The van der Waals surface area contributed by atoms with Gasteiger partial charge in [-0.1, -0.05) is 24.8 Å². The lowest BCUT2D eigenvalue weighted by molar-refractivity contribution is -0.116. The summed E-state index contributed by atoms with van der Waals surface area (Å²) in [6.45, 7) is 4.05. The van der Waals surface area contributed by atoms with Crippen molar-refractivity contribution >= 4 is 27.5 Å². The minimum absolute atomic E-state index is 0.0391. The van der Waals surface area contributed by atoms with Crippen LogP contribution in [-0.2, 0) is 11.2 Å². The van der Waals surface area contributed by atoms with E-state index in [1.165, 1.54) is 0 Å². The van der Waals surface area contributed by atoms with Gasteiger partial charge in [0.1, 0.15) is 18.1 Å². The number of benzene rings is 2. The van der Waals surface area contributed by atoms with Crippen molar-refractivity contribution in [1.29, 1.82) is 0 Å². The van der Waals surface area contributed by atoms with E-state index in [1.54, 1.807) is 19.3 Å². The van der Waals surface area contributed by atoms with Crippen LogP contribution in [0.3, 0.4) is 0 Å². The molecule has 0 radical (unpaired) electrons. The Morgan fingerprint density at radius 1 is 1.29 bits per heavy atom. The molecule has 0 saturated carbocycles. The quantitative estimate of drug-likeness (QED) is 0.671. The van der Waals surface area contributed by atoms with Gasteiger partial charge in [-0.05, 0) is 52.2 Å². The second-order valence-corrected chi connectivity index (χ2v) is 6.00. The minimum atomic E-state index is -0.0391. The number of aryl methyl sites for hydroxylation is 1. The van der Waals surface area contributed by atoms with E-state index < -0.39 is 0 Å². The van der Waals surface area contributed by atoms with Gasteiger partial charge in [0.2, 0.25) is 5.91 Å². The third-order valence-electron chi connectivity index (χ3n) is 3.34. The zero-order valence-electron chi connectivity index (χ0n) is 13.5. The van der Waals surface area contributed by atoms with E-state index in [0.29, 0.717) is 25.2 Å². The highest BCUT2D eigenvalue weighted by Crippen LogP contribution is 2.26. The molecule has 0 aliphatic rings. The highest BCUT2D eigenvalue weighted by Gasteiger charge is 2.06. The van der Waals surface area contributed by atoms with Gasteiger partial charge in [-0.25, -0.2) is 0 Å². The molecule has 0 heterocycles. The van der Waals surface area contributed by atoms with Gasteiger partial charge < -0.3 is 14.8 Å². The highest BCUT2D eigenvalue weighted by atomic mass is 79.9. The summed E-state index contributed by atoms with van der Waals surface area (Å²) < 4.78 is 11.5. The van der Waals surface area contributed by atoms with E-state index >= 15 is 0 Å². The molecule has 0 aliphatic heterocycles. The molecule has 0 spiro atoms. The van der Waals surface area contributed by atoms with E-state index in [9.17, 15) is 4.79 Å². The van der Waals surface area contributed by atoms with Crippen LogP contribution in [0, 0.1) is 0 Å². The Kier molecular flexibility index (Phi) is 6.88. The lowest BCUT2D eigenvalue weighted by Gasteiger charge is -2.09. The van der Waals surface area contributed by atoms with Crippen LogP contribution in [0.25, 0.3) is 0 Å². The summed E-state index contributed by atoms with van der Waals surface area (Å²) in [5.74, 6) is 1.44. The lowest BCUT2D eigenvalue weighted by Crippen LogP contribution is -2.12. The summed E-state index contributed by atoms with van der Waals surface area (Å²) in [5, 5.41) is 2.88. The molecule has 0 bridgehead atoms. The van der Waals surface area contributed by atoms with Crippen molar-refractivity contribution in [3.05, 3.63) is 65.2 Å². The number of amides is 1. The van der Waals surface area contributed by atoms with Crippen molar-refractivity contribution < 1.29 is 14.3 Å². The molecule has 2 aromatic carbocycles. The predicted molar refractivity (Wildman–Crippen MR) is 99.8 cm³/mol. The Bertz CT molecular complexity index is 716. The first-order chi connectivity index (χ1) is 11.6. The fourth-order valence-corrected chi connectivity index (χ4v) is 2.75. The molecule has 0 fully saturated rings. The fraction of sp³-hybridized carbons (Fsp3) is 0.211. The second kappa shape index (κ2) is 9.13. The van der Waals surface area contributed by atoms with Gasteiger partial charge in [0, 0.05) is 18.2 Å². The number of rotatable bonds is 8. The van der Waals surface area contributed by atoms with E-state index in [1.807, 2.05) is 36.4 Å². The van der Waals surface area contributed by atoms with Crippen LogP contribution >= 0.6 is 15.9 Å². The Hall–Kier alpha value is -2.27. The number of hydrogen-bond acceptors (Lipinski definition) is 3. The normalized spacial score (nSPS) is 10.1. The smallest absolute Gasteiger partial charge is 0.224 e. The van der Waals surface area contributed by atoms with Crippen LogP contribution in [-0.4, -0.2) is 19.6 Å². The molecule has 0 saturated heterocycles. The molecule has 0 aliphatic carbocycles. The average molecular weight is 390 g/mol. The van der Waals surface area contributed by atoms with Gasteiger partial charge in [-0.3, -0.25) is 4.79 Å². The summed E-state index contributed by atoms with van der Waals surface area (Å²) in [6.07, 6.45) is 2.73. The molecule has 1 N–H and O–H groups in total. The maximum atomic E-state index is 12.1. The van der Waals surface area contributed by atoms with Gasteiger partial charge in [0.15, 0.2) is 0 Å². The van der Waals surface area contributed by atoms with Gasteiger partial charge in [-0.2, -0.15) is 0 Å². The number of nitrogens with one attached hydrogen (secondary N) is 1. The summed E-state index contributed by atoms with van der Waals surface area (Å²) in [4.78, 5) is 12.1. The molecule has 0 aromatic heterocycles. The highest BCUT2D eigenvalue weighted by molar-refractivity contribution is 9.10. The van der Waals surface area contributed by atoms with Gasteiger partial charge in [-0.15, -0.1) is 0 Å². The number of hydrogen-bond donors (Lipinski definition) is 1. The average Bonchev–Trinajstić information content (AvgIpc) is 2.58. The van der Waals surface area contributed by atoms with Gasteiger partial charge in [0.25, 0.3) is 0 Å². The van der Waals surface area contributed by atoms with Crippen LogP contribution in [0.15, 0.2) is 59.6 Å². The van der Waals surface area contributed by atoms with Gasteiger partial charge >= 0.3 is 0 Å². The molecule has 126 valence electrons. The number of methoxy groups -OCH3 is 1. The molecule has 2 rings (SSSR count). The number of ether oxygens (including phenoxy) is 2. The Labute approximate surface area is 150 Å². The standard InChI is InChI=1S/C19H20BrNO3/c1-3-11-24-16-6-4-5-15(13-16)21-19(22)10-8-14-7-9-18(23-2)17(20)12-14/h3-7,9,12-13H,1,8,10-11H2,2H3,(H,21,22). The largest absolute Gasteiger partial charge is 0.496 e. The first-order valence-electron chi connectivity index (χ1n) is 7.58. The molecule has 4 nitrogen and oxygen atoms in total. The van der Waals surface area contributed by atoms with Crippen molar-refractivity contribution in [2.24, 2.45) is 0 Å². The Morgan fingerprint density at radius 2 is 2.12 bits per heavy atom. The third-order valence-corrected chi connectivity index (χ3v) is 3.96. The minimum Gasteiger partial charge on any atom is -0.496 e. The predicted octanol–water partition coefficient (Wildman–Crippen LogP) is 4.59. The monoisotopic (exact) mass is 389 g/mol. The summed E-state index contributed by atoms with van der Waals surface area (Å²) in [5.41, 5.74) is 1.79. The maximum Gasteiger partial charge on any atom is 0.224 e. The Balaban J connectivity index is 1.89. The zero-order chi connectivity index (χ0) is 17.4. The molecule has 2 aromatic rings. The van der Waals surface area contributed by atoms with Crippen LogP contribution in [0.2, 0.25) is 0 Å². The zero-order valence-corrected chi connectivity index (χ0v) is 15.1. The number of halogens is 1. The molecule has 0 atom stereocenters. The molecule has 5 heteroatoms. The summed E-state index contributed by atoms with van der Waals surface area (Å²) in [6, 6.07) is 13.1. The van der Waals surface area contributed by atoms with Crippen molar-refractivity contribution in [1.82, 2.24) is 0 Å². The summed E-state index contributed by atoms with van der Waals surface area (Å²) >= 11 is 3.45. The van der Waals surface area contributed by atoms with Crippen LogP contribution in [0.5, 0.6) is 11.5 Å². The van der Waals surface area contributed by atoms with E-state index in [2.05, 4.69) is 27.8 Å². The summed E-state index contributed by atoms with van der Waals surface area (Å²) in [7, 11) is 1.63. The molecular formula is C19H20BrNO3. The van der Waals surface area contributed by atoms with Crippen LogP contribution < -0.4 is 14.8 Å². The van der Waals surface area contributed by atoms with Crippen molar-refractivity contribution in [2.75, 3.05) is 19.0 Å².